The summed E-state index contributed by atoms with van der Waals surface area (Å²) in [7, 11) is 0. The van der Waals surface area contributed by atoms with Crippen molar-refractivity contribution < 1.29 is 19.7 Å². The lowest BCUT2D eigenvalue weighted by Crippen LogP contribution is -2.30. The molecule has 1 heterocycles. The summed E-state index contributed by atoms with van der Waals surface area (Å²) in [5.74, 6) is 0.00253. The number of ether oxygens (including phenoxy) is 1. The van der Waals surface area contributed by atoms with Gasteiger partial charge in [-0.15, -0.1) is 11.3 Å². The van der Waals surface area contributed by atoms with Gasteiger partial charge in [0.1, 0.15) is 12.7 Å². The Morgan fingerprint density at radius 3 is 2.39 bits per heavy atom. The molecule has 1 aliphatic rings. The number of aliphatic hydroxyl groups is 2. The number of alkyl carbamates (subject to hydrolysis) is 1. The van der Waals surface area contributed by atoms with Gasteiger partial charge in [0, 0.05) is 17.2 Å². The number of nitrogens with one attached hydrogen (secondary N) is 1. The van der Waals surface area contributed by atoms with E-state index in [1.54, 1.807) is 11.3 Å². The molecule has 3 N–H and O–H groups in total. The Hall–Kier alpha value is -3.19. The van der Waals surface area contributed by atoms with Crippen LogP contribution in [0.4, 0.5) is 4.79 Å². The first-order valence-corrected chi connectivity index (χ1v) is 11.9. The molecule has 0 bridgehead atoms. The fourth-order valence-corrected chi connectivity index (χ4v) is 5.34. The van der Waals surface area contributed by atoms with Crippen LogP contribution in [0.3, 0.4) is 0 Å². The molecule has 0 spiro atoms. The molecule has 3 aromatic carbocycles. The molecule has 2 atom stereocenters. The van der Waals surface area contributed by atoms with Crippen LogP contribution in [0, 0.1) is 0 Å². The molecule has 168 valence electrons. The third-order valence-corrected chi connectivity index (χ3v) is 7.12. The molecule has 6 heteroatoms. The van der Waals surface area contributed by atoms with E-state index in [-0.39, 0.29) is 25.5 Å². The Labute approximate surface area is 196 Å². The van der Waals surface area contributed by atoms with E-state index >= 15 is 0 Å². The molecule has 5 rings (SSSR count). The van der Waals surface area contributed by atoms with Crippen LogP contribution in [0.25, 0.3) is 21.2 Å². The highest BCUT2D eigenvalue weighted by molar-refractivity contribution is 7.17. The van der Waals surface area contributed by atoms with Crippen molar-refractivity contribution in [1.82, 2.24) is 5.32 Å². The van der Waals surface area contributed by atoms with Gasteiger partial charge in [0.2, 0.25) is 0 Å². The van der Waals surface area contributed by atoms with Crippen LogP contribution in [0.5, 0.6) is 0 Å². The quantitative estimate of drug-likeness (QED) is 0.354. The molecule has 2 unspecified atom stereocenters. The van der Waals surface area contributed by atoms with Gasteiger partial charge in [0.05, 0.1) is 6.10 Å². The van der Waals surface area contributed by atoms with Crippen molar-refractivity contribution in [2.45, 2.75) is 24.5 Å². The van der Waals surface area contributed by atoms with Gasteiger partial charge in [-0.05, 0) is 57.1 Å². The van der Waals surface area contributed by atoms with Gasteiger partial charge >= 0.3 is 6.09 Å². The van der Waals surface area contributed by atoms with Crippen molar-refractivity contribution in [3.8, 4) is 11.1 Å². The summed E-state index contributed by atoms with van der Waals surface area (Å²) in [5.41, 5.74) is 5.35. The highest BCUT2D eigenvalue weighted by atomic mass is 32.1. The maximum absolute atomic E-state index is 12.3. The molecule has 0 saturated heterocycles. The summed E-state index contributed by atoms with van der Waals surface area (Å²) in [6.07, 6.45) is -2.32. The molecular weight excluding hydrogens is 434 g/mol. The summed E-state index contributed by atoms with van der Waals surface area (Å²) < 4.78 is 6.58. The highest BCUT2D eigenvalue weighted by Gasteiger charge is 2.29. The second-order valence-corrected chi connectivity index (χ2v) is 9.22. The highest BCUT2D eigenvalue weighted by Crippen LogP contribution is 2.44. The Morgan fingerprint density at radius 2 is 1.67 bits per heavy atom. The Bertz CT molecular complexity index is 1240. The van der Waals surface area contributed by atoms with Crippen LogP contribution in [0.15, 0.2) is 78.2 Å². The van der Waals surface area contributed by atoms with Crippen LogP contribution < -0.4 is 5.32 Å². The summed E-state index contributed by atoms with van der Waals surface area (Å²) in [5, 5.41) is 26.7. The summed E-state index contributed by atoms with van der Waals surface area (Å²) in [4.78, 5) is 12.3. The zero-order valence-electron chi connectivity index (χ0n) is 18.0. The molecular formula is C27H25NO4S. The van der Waals surface area contributed by atoms with Gasteiger partial charge in [-0.2, -0.15) is 0 Å². The van der Waals surface area contributed by atoms with Crippen molar-refractivity contribution in [3.05, 3.63) is 94.9 Å². The fourth-order valence-electron chi connectivity index (χ4n) is 4.51. The van der Waals surface area contributed by atoms with Gasteiger partial charge in [-0.3, -0.25) is 0 Å². The third-order valence-electron chi connectivity index (χ3n) is 6.24. The SMILES string of the molecule is O=C(NCCC(O)C(O)c1ccc2ccsc2c1)OCC1c2ccccc2-c2ccccc21. The van der Waals surface area contributed by atoms with Crippen molar-refractivity contribution in [2.75, 3.05) is 13.2 Å². The Morgan fingerprint density at radius 1 is 0.970 bits per heavy atom. The van der Waals surface area contributed by atoms with Gasteiger partial charge in [-0.25, -0.2) is 4.79 Å². The van der Waals surface area contributed by atoms with E-state index in [1.807, 2.05) is 53.9 Å². The van der Waals surface area contributed by atoms with E-state index in [4.69, 9.17) is 4.74 Å². The maximum Gasteiger partial charge on any atom is 0.407 e. The molecule has 1 amide bonds. The molecule has 0 radical (unpaired) electrons. The second kappa shape index (κ2) is 9.35. The average molecular weight is 460 g/mol. The Balaban J connectivity index is 1.13. The molecule has 5 nitrogen and oxygen atoms in total. The molecule has 33 heavy (non-hydrogen) atoms. The van der Waals surface area contributed by atoms with E-state index in [2.05, 4.69) is 29.6 Å². The third kappa shape index (κ3) is 4.37. The van der Waals surface area contributed by atoms with Gasteiger partial charge < -0.3 is 20.3 Å². The lowest BCUT2D eigenvalue weighted by molar-refractivity contribution is 0.0137. The van der Waals surface area contributed by atoms with Crippen molar-refractivity contribution in [3.63, 3.8) is 0 Å². The van der Waals surface area contributed by atoms with Crippen molar-refractivity contribution >= 4 is 27.5 Å². The minimum atomic E-state index is -1.01. The number of carbonyl (C=O) groups excluding carboxylic acids is 1. The summed E-state index contributed by atoms with van der Waals surface area (Å²) >= 11 is 1.59. The largest absolute Gasteiger partial charge is 0.449 e. The molecule has 0 aliphatic heterocycles. The summed E-state index contributed by atoms with van der Waals surface area (Å²) in [6, 6.07) is 24.0. The van der Waals surface area contributed by atoms with Crippen LogP contribution >= 0.6 is 11.3 Å². The first-order valence-electron chi connectivity index (χ1n) is 11.0. The van der Waals surface area contributed by atoms with Crippen molar-refractivity contribution in [1.29, 1.82) is 0 Å². The standard InChI is InChI=1S/C27H25NO4S/c29-24(26(30)18-10-9-17-12-14-33-25(17)15-18)11-13-28-27(31)32-16-23-21-7-3-1-5-19(21)20-6-2-4-8-22(20)23/h1-10,12,14-15,23-24,26,29-30H,11,13,16H2,(H,28,31). The van der Waals surface area contributed by atoms with Crippen molar-refractivity contribution in [2.24, 2.45) is 0 Å². The second-order valence-electron chi connectivity index (χ2n) is 8.27. The molecule has 0 fully saturated rings. The number of aliphatic hydroxyl groups excluding tert-OH is 2. The predicted molar refractivity (Wildman–Crippen MR) is 130 cm³/mol. The predicted octanol–water partition coefficient (Wildman–Crippen LogP) is 5.22. The number of hydrogen-bond acceptors (Lipinski definition) is 5. The number of carbonyl (C=O) groups is 1. The summed E-state index contributed by atoms with van der Waals surface area (Å²) in [6.45, 7) is 0.446. The first kappa shape index (κ1) is 21.6. The normalized spacial score (nSPS) is 14.5. The Kier molecular flexibility index (Phi) is 6.13. The number of fused-ring (bicyclic) bond motifs is 4. The monoisotopic (exact) mass is 459 g/mol. The lowest BCUT2D eigenvalue weighted by Gasteiger charge is -2.19. The van der Waals surface area contributed by atoms with E-state index in [9.17, 15) is 15.0 Å². The van der Waals surface area contributed by atoms with Gasteiger partial charge in [0.15, 0.2) is 0 Å². The zero-order valence-corrected chi connectivity index (χ0v) is 18.8. The number of amides is 1. The minimum absolute atomic E-state index is 0.00253. The maximum atomic E-state index is 12.3. The van der Waals surface area contributed by atoms with E-state index in [1.165, 1.54) is 11.1 Å². The van der Waals surface area contributed by atoms with E-state index in [0.717, 1.165) is 21.2 Å². The van der Waals surface area contributed by atoms with Crippen LogP contribution in [0.2, 0.25) is 0 Å². The van der Waals surface area contributed by atoms with E-state index < -0.39 is 18.3 Å². The molecule has 0 saturated carbocycles. The fraction of sp³-hybridized carbons (Fsp3) is 0.222. The van der Waals surface area contributed by atoms with Gasteiger partial charge in [0.25, 0.3) is 0 Å². The van der Waals surface area contributed by atoms with Crippen LogP contribution in [-0.2, 0) is 4.74 Å². The number of hydrogen-bond donors (Lipinski definition) is 3. The molecule has 4 aromatic rings. The molecule has 1 aliphatic carbocycles. The van der Waals surface area contributed by atoms with Crippen LogP contribution in [-0.4, -0.2) is 35.6 Å². The first-order chi connectivity index (χ1) is 16.1. The minimum Gasteiger partial charge on any atom is -0.449 e. The lowest BCUT2D eigenvalue weighted by atomic mass is 9.98. The van der Waals surface area contributed by atoms with E-state index in [0.29, 0.717) is 5.56 Å². The number of rotatable bonds is 7. The zero-order chi connectivity index (χ0) is 22.8. The molecule has 1 aromatic heterocycles. The van der Waals surface area contributed by atoms with Gasteiger partial charge in [-0.1, -0.05) is 60.7 Å². The average Bonchev–Trinajstić information content (AvgIpc) is 3.44. The topological polar surface area (TPSA) is 78.8 Å². The number of thiophene rings is 1. The number of benzene rings is 3. The smallest absolute Gasteiger partial charge is 0.407 e. The van der Waals surface area contributed by atoms with Crippen LogP contribution in [0.1, 0.15) is 35.1 Å².